The zero-order valence-electron chi connectivity index (χ0n) is 15.1. The van der Waals surface area contributed by atoms with Crippen molar-refractivity contribution in [2.45, 2.75) is 69.4 Å². The van der Waals surface area contributed by atoms with Gasteiger partial charge < -0.3 is 9.64 Å². The maximum Gasteiger partial charge on any atom is 0.249 e. The summed E-state index contributed by atoms with van der Waals surface area (Å²) in [5.74, 6) is 1.16. The maximum atomic E-state index is 12.6. The lowest BCUT2D eigenvalue weighted by molar-refractivity contribution is -0.129. The highest BCUT2D eigenvalue weighted by Gasteiger charge is 2.46. The summed E-state index contributed by atoms with van der Waals surface area (Å²) >= 11 is 0. The average Bonchev–Trinajstić information content (AvgIpc) is 3.17. The van der Waals surface area contributed by atoms with Crippen LogP contribution in [-0.4, -0.2) is 60.6 Å². The number of likely N-dealkylation sites (tertiary alicyclic amines) is 2. The number of allylic oxidation sites excluding steroid dienone is 1. The van der Waals surface area contributed by atoms with E-state index >= 15 is 0 Å². The van der Waals surface area contributed by atoms with Crippen molar-refractivity contribution in [3.05, 3.63) is 11.6 Å². The Hall–Kier alpha value is -0.870. The standard InChI is InChI=1S/C20H32N2O2/c1-21-18(15-24-14-16-6-7-16)8-9-20(21)10-12-22(13-11-20)19(23)17-4-2-3-5-17/h4,16,18H,2-3,5-15H2,1H3. The fourth-order valence-corrected chi connectivity index (χ4v) is 4.84. The van der Waals surface area contributed by atoms with Gasteiger partial charge in [0, 0.05) is 36.9 Å². The van der Waals surface area contributed by atoms with Crippen molar-refractivity contribution in [2.75, 3.05) is 33.4 Å². The molecular weight excluding hydrogens is 300 g/mol. The van der Waals surface area contributed by atoms with Crippen LogP contribution in [0.25, 0.3) is 0 Å². The van der Waals surface area contributed by atoms with E-state index in [2.05, 4.69) is 22.9 Å². The molecular formula is C20H32N2O2. The molecule has 0 radical (unpaired) electrons. The molecule has 0 aromatic heterocycles. The summed E-state index contributed by atoms with van der Waals surface area (Å²) in [7, 11) is 2.29. The lowest BCUT2D eigenvalue weighted by Gasteiger charge is -2.45. The summed E-state index contributed by atoms with van der Waals surface area (Å²) in [5.41, 5.74) is 1.38. The number of rotatable bonds is 5. The molecule has 2 saturated heterocycles. The van der Waals surface area contributed by atoms with Gasteiger partial charge in [-0.15, -0.1) is 0 Å². The van der Waals surface area contributed by atoms with Crippen molar-refractivity contribution < 1.29 is 9.53 Å². The minimum absolute atomic E-state index is 0.312. The zero-order valence-corrected chi connectivity index (χ0v) is 15.1. The average molecular weight is 332 g/mol. The van der Waals surface area contributed by atoms with Crippen molar-refractivity contribution in [2.24, 2.45) is 5.92 Å². The smallest absolute Gasteiger partial charge is 0.249 e. The minimum atomic E-state index is 0.312. The molecule has 3 fully saturated rings. The first-order chi connectivity index (χ1) is 11.7. The van der Waals surface area contributed by atoms with Crippen LogP contribution in [0.3, 0.4) is 0 Å². The highest BCUT2D eigenvalue weighted by molar-refractivity contribution is 5.93. The molecule has 0 aromatic rings. The monoisotopic (exact) mass is 332 g/mol. The summed E-state index contributed by atoms with van der Waals surface area (Å²) in [5, 5.41) is 0. The number of carbonyl (C=O) groups excluding carboxylic acids is 1. The number of hydrogen-bond acceptors (Lipinski definition) is 3. The quantitative estimate of drug-likeness (QED) is 0.776. The summed E-state index contributed by atoms with van der Waals surface area (Å²) in [6, 6.07) is 0.573. The van der Waals surface area contributed by atoms with E-state index in [1.54, 1.807) is 0 Å². The van der Waals surface area contributed by atoms with Crippen LogP contribution in [0, 0.1) is 5.92 Å². The molecule has 4 heteroatoms. The molecule has 1 unspecified atom stereocenters. The molecule has 1 saturated carbocycles. The molecule has 0 N–H and O–H groups in total. The van der Waals surface area contributed by atoms with Gasteiger partial charge in [0.25, 0.3) is 0 Å². The van der Waals surface area contributed by atoms with E-state index in [9.17, 15) is 4.79 Å². The number of hydrogen-bond donors (Lipinski definition) is 0. The van der Waals surface area contributed by atoms with Crippen molar-refractivity contribution >= 4 is 5.91 Å². The van der Waals surface area contributed by atoms with Crippen molar-refractivity contribution in [3.63, 3.8) is 0 Å². The molecule has 2 aliphatic carbocycles. The summed E-state index contributed by atoms with van der Waals surface area (Å²) in [4.78, 5) is 17.3. The van der Waals surface area contributed by atoms with Crippen LogP contribution in [0.4, 0.5) is 0 Å². The first-order valence-corrected chi connectivity index (χ1v) is 9.97. The molecule has 134 valence electrons. The first-order valence-electron chi connectivity index (χ1n) is 9.97. The molecule has 4 nitrogen and oxygen atoms in total. The maximum absolute atomic E-state index is 12.6. The highest BCUT2D eigenvalue weighted by Crippen LogP contribution is 2.41. The molecule has 0 bridgehead atoms. The second-order valence-corrected chi connectivity index (χ2v) is 8.42. The normalized spacial score (nSPS) is 30.1. The van der Waals surface area contributed by atoms with E-state index in [0.29, 0.717) is 17.5 Å². The molecule has 1 spiro atoms. The molecule has 2 aliphatic heterocycles. The van der Waals surface area contributed by atoms with E-state index in [0.717, 1.165) is 69.9 Å². The Labute approximate surface area is 146 Å². The molecule has 4 aliphatic rings. The second-order valence-electron chi connectivity index (χ2n) is 8.42. The van der Waals surface area contributed by atoms with Gasteiger partial charge in [-0.3, -0.25) is 9.69 Å². The molecule has 24 heavy (non-hydrogen) atoms. The van der Waals surface area contributed by atoms with Gasteiger partial charge in [0.1, 0.15) is 0 Å². The fourth-order valence-electron chi connectivity index (χ4n) is 4.84. The number of ether oxygens (including phenoxy) is 1. The topological polar surface area (TPSA) is 32.8 Å². The van der Waals surface area contributed by atoms with E-state index in [1.807, 2.05) is 0 Å². The van der Waals surface area contributed by atoms with Crippen molar-refractivity contribution in [1.82, 2.24) is 9.80 Å². The molecule has 1 amide bonds. The van der Waals surface area contributed by atoms with Crippen LogP contribution in [0.2, 0.25) is 0 Å². The van der Waals surface area contributed by atoms with Gasteiger partial charge in [0.2, 0.25) is 5.91 Å². The summed E-state index contributed by atoms with van der Waals surface area (Å²) < 4.78 is 5.96. The summed E-state index contributed by atoms with van der Waals surface area (Å²) in [6.07, 6.45) is 12.9. The first kappa shape index (κ1) is 16.6. The number of amides is 1. The van der Waals surface area contributed by atoms with E-state index < -0.39 is 0 Å². The Morgan fingerprint density at radius 3 is 2.67 bits per heavy atom. The van der Waals surface area contributed by atoms with E-state index in [4.69, 9.17) is 4.74 Å². The zero-order chi connectivity index (χ0) is 16.6. The highest BCUT2D eigenvalue weighted by atomic mass is 16.5. The Kier molecular flexibility index (Phi) is 4.70. The summed E-state index contributed by atoms with van der Waals surface area (Å²) in [6.45, 7) is 3.71. The molecule has 2 heterocycles. The van der Waals surface area contributed by atoms with Crippen LogP contribution in [0.15, 0.2) is 11.6 Å². The van der Waals surface area contributed by atoms with Gasteiger partial charge in [-0.25, -0.2) is 0 Å². The lowest BCUT2D eigenvalue weighted by atomic mass is 9.85. The minimum Gasteiger partial charge on any atom is -0.380 e. The number of piperidine rings is 1. The van der Waals surface area contributed by atoms with Gasteiger partial charge in [-0.2, -0.15) is 0 Å². The van der Waals surface area contributed by atoms with Gasteiger partial charge in [-0.05, 0) is 70.8 Å². The third-order valence-corrected chi connectivity index (χ3v) is 6.90. The van der Waals surface area contributed by atoms with Crippen LogP contribution in [-0.2, 0) is 9.53 Å². The van der Waals surface area contributed by atoms with Gasteiger partial charge in [0.05, 0.1) is 6.61 Å². The fraction of sp³-hybridized carbons (Fsp3) is 0.850. The predicted octanol–water partition coefficient (Wildman–Crippen LogP) is 2.98. The van der Waals surface area contributed by atoms with Gasteiger partial charge >= 0.3 is 0 Å². The number of carbonyl (C=O) groups is 1. The van der Waals surface area contributed by atoms with Crippen LogP contribution < -0.4 is 0 Å². The Balaban J connectivity index is 1.28. The Bertz CT molecular complexity index is 504. The van der Waals surface area contributed by atoms with Crippen LogP contribution >= 0.6 is 0 Å². The third-order valence-electron chi connectivity index (χ3n) is 6.90. The van der Waals surface area contributed by atoms with Crippen LogP contribution in [0.1, 0.15) is 57.8 Å². The largest absolute Gasteiger partial charge is 0.380 e. The molecule has 0 aromatic carbocycles. The van der Waals surface area contributed by atoms with Crippen molar-refractivity contribution in [3.8, 4) is 0 Å². The lowest BCUT2D eigenvalue weighted by Crippen LogP contribution is -2.54. The van der Waals surface area contributed by atoms with Gasteiger partial charge in [-0.1, -0.05) is 6.08 Å². The predicted molar refractivity (Wildman–Crippen MR) is 94.8 cm³/mol. The Morgan fingerprint density at radius 2 is 2.00 bits per heavy atom. The third kappa shape index (κ3) is 3.28. The van der Waals surface area contributed by atoms with E-state index in [1.165, 1.54) is 25.7 Å². The number of likely N-dealkylation sites (N-methyl/N-ethyl adjacent to an activating group) is 1. The van der Waals surface area contributed by atoms with E-state index in [-0.39, 0.29) is 0 Å². The van der Waals surface area contributed by atoms with Gasteiger partial charge in [0.15, 0.2) is 0 Å². The molecule has 4 rings (SSSR count). The number of nitrogens with zero attached hydrogens (tertiary/aromatic N) is 2. The Morgan fingerprint density at radius 1 is 1.21 bits per heavy atom. The van der Waals surface area contributed by atoms with Crippen LogP contribution in [0.5, 0.6) is 0 Å². The molecule has 1 atom stereocenters. The SMILES string of the molecule is CN1C(COCC2CC2)CCC12CCN(C(=O)C1=CCCC1)CC2. The van der Waals surface area contributed by atoms with Crippen molar-refractivity contribution in [1.29, 1.82) is 0 Å². The second kappa shape index (κ2) is 6.80.